The van der Waals surface area contributed by atoms with Gasteiger partial charge in [-0.25, -0.2) is 4.98 Å². The first-order valence-corrected chi connectivity index (χ1v) is 12.1. The number of hydrogen-bond donors (Lipinski definition) is 1. The monoisotopic (exact) mass is 561 g/mol. The number of rotatable bonds is 6. The third kappa shape index (κ3) is 6.00. The molecule has 0 spiro atoms. The van der Waals surface area contributed by atoms with Crippen molar-refractivity contribution >= 4 is 40.9 Å². The number of nitrogens with zero attached hydrogens (tertiary/aromatic N) is 2. The van der Waals surface area contributed by atoms with Crippen molar-refractivity contribution in [2.75, 3.05) is 4.90 Å². The highest BCUT2D eigenvalue weighted by Gasteiger charge is 2.34. The van der Waals surface area contributed by atoms with E-state index < -0.39 is 23.6 Å². The van der Waals surface area contributed by atoms with Crippen molar-refractivity contribution in [2.24, 2.45) is 0 Å². The molecule has 2 heterocycles. The van der Waals surface area contributed by atoms with E-state index in [1.54, 1.807) is 24.3 Å². The van der Waals surface area contributed by atoms with Gasteiger partial charge in [-0.3, -0.25) is 19.8 Å². The summed E-state index contributed by atoms with van der Waals surface area (Å²) in [5.74, 6) is -0.142. The standard InChI is InChI=1S/C29H18F3N3O4S/c30-29(31,32)19-5-4-8-23(16-19)39-25-14-9-18(17-33-25)15-24-26(36)34-28(40)35(27(24)37)20-10-12-22(13-11-20)38-21-6-2-1-3-7-21/h1-17H,(H,34,36,40). The third-order valence-corrected chi connectivity index (χ3v) is 5.91. The number of carbonyl (C=O) groups is 2. The Balaban J connectivity index is 1.32. The molecule has 5 rings (SSSR count). The summed E-state index contributed by atoms with van der Waals surface area (Å²) in [6.45, 7) is 0. The maximum Gasteiger partial charge on any atom is 0.416 e. The van der Waals surface area contributed by atoms with Gasteiger partial charge in [0.2, 0.25) is 5.88 Å². The molecule has 1 saturated heterocycles. The Morgan fingerprint density at radius 1 is 0.825 bits per heavy atom. The molecule has 40 heavy (non-hydrogen) atoms. The van der Waals surface area contributed by atoms with Gasteiger partial charge in [0.15, 0.2) is 5.11 Å². The van der Waals surface area contributed by atoms with E-state index in [0.717, 1.165) is 12.1 Å². The van der Waals surface area contributed by atoms with Gasteiger partial charge >= 0.3 is 6.18 Å². The summed E-state index contributed by atoms with van der Waals surface area (Å²) in [5, 5.41) is 2.43. The third-order valence-electron chi connectivity index (χ3n) is 5.63. The quantitative estimate of drug-likeness (QED) is 0.164. The predicted molar refractivity (Wildman–Crippen MR) is 145 cm³/mol. The second-order valence-electron chi connectivity index (χ2n) is 8.42. The Hall–Kier alpha value is -5.03. The van der Waals surface area contributed by atoms with Gasteiger partial charge < -0.3 is 9.47 Å². The highest BCUT2D eigenvalue weighted by molar-refractivity contribution is 7.80. The topological polar surface area (TPSA) is 80.8 Å². The zero-order chi connectivity index (χ0) is 28.3. The molecule has 4 aromatic rings. The van der Waals surface area contributed by atoms with Gasteiger partial charge in [-0.05, 0) is 84.5 Å². The van der Waals surface area contributed by atoms with E-state index in [2.05, 4.69) is 10.3 Å². The molecular formula is C29H18F3N3O4S. The fourth-order valence-electron chi connectivity index (χ4n) is 3.74. The molecule has 1 N–H and O–H groups in total. The number of anilines is 1. The van der Waals surface area contributed by atoms with E-state index in [4.69, 9.17) is 21.7 Å². The Bertz CT molecular complexity index is 1610. The van der Waals surface area contributed by atoms with Crippen LogP contribution in [0.3, 0.4) is 0 Å². The SMILES string of the molecule is O=C1NC(=S)N(c2ccc(Oc3ccccc3)cc2)C(=O)C1=Cc1ccc(Oc2cccc(C(F)(F)F)c2)nc1. The van der Waals surface area contributed by atoms with Gasteiger partial charge in [-0.2, -0.15) is 13.2 Å². The molecule has 0 radical (unpaired) electrons. The number of aromatic nitrogens is 1. The molecule has 1 aliphatic rings. The van der Waals surface area contributed by atoms with Crippen LogP contribution in [0.1, 0.15) is 11.1 Å². The molecule has 0 saturated carbocycles. The lowest BCUT2D eigenvalue weighted by atomic mass is 10.1. The first-order valence-electron chi connectivity index (χ1n) is 11.7. The molecule has 200 valence electrons. The molecular weight excluding hydrogens is 543 g/mol. The molecule has 7 nitrogen and oxygen atoms in total. The number of amides is 2. The van der Waals surface area contributed by atoms with E-state index in [9.17, 15) is 22.8 Å². The van der Waals surface area contributed by atoms with Crippen LogP contribution in [0.15, 0.2) is 103 Å². The number of ether oxygens (including phenoxy) is 2. The van der Waals surface area contributed by atoms with Crippen molar-refractivity contribution in [3.63, 3.8) is 0 Å². The second-order valence-corrected chi connectivity index (χ2v) is 8.81. The van der Waals surface area contributed by atoms with Gasteiger partial charge in [0, 0.05) is 12.3 Å². The lowest BCUT2D eigenvalue weighted by Gasteiger charge is -2.29. The van der Waals surface area contributed by atoms with E-state index in [1.165, 1.54) is 41.4 Å². The zero-order valence-electron chi connectivity index (χ0n) is 20.4. The Morgan fingerprint density at radius 3 is 2.20 bits per heavy atom. The maximum absolute atomic E-state index is 13.3. The van der Waals surface area contributed by atoms with Crippen molar-refractivity contribution in [3.05, 3.63) is 114 Å². The van der Waals surface area contributed by atoms with Crippen LogP contribution in [0, 0.1) is 0 Å². The fourth-order valence-corrected chi connectivity index (χ4v) is 4.02. The first kappa shape index (κ1) is 26.6. The van der Waals surface area contributed by atoms with Crippen molar-refractivity contribution in [1.82, 2.24) is 10.3 Å². The summed E-state index contributed by atoms with van der Waals surface area (Å²) < 4.78 is 50.0. The summed E-state index contributed by atoms with van der Waals surface area (Å²) in [4.78, 5) is 31.2. The molecule has 0 bridgehead atoms. The molecule has 0 aliphatic carbocycles. The van der Waals surface area contributed by atoms with Gasteiger partial charge in [-0.15, -0.1) is 0 Å². The predicted octanol–water partition coefficient (Wildman–Crippen LogP) is 6.52. The molecule has 2 amide bonds. The van der Waals surface area contributed by atoms with E-state index in [-0.39, 0.29) is 22.3 Å². The summed E-state index contributed by atoms with van der Waals surface area (Å²) in [6, 6.07) is 23.1. The highest BCUT2D eigenvalue weighted by Crippen LogP contribution is 2.32. The van der Waals surface area contributed by atoms with Crippen LogP contribution in [-0.2, 0) is 15.8 Å². The molecule has 1 aromatic heterocycles. The average Bonchev–Trinajstić information content (AvgIpc) is 2.93. The molecule has 11 heteroatoms. The van der Waals surface area contributed by atoms with Crippen LogP contribution in [0.5, 0.6) is 23.1 Å². The van der Waals surface area contributed by atoms with Gasteiger partial charge in [-0.1, -0.05) is 24.3 Å². The van der Waals surface area contributed by atoms with Crippen LogP contribution in [0.25, 0.3) is 6.08 Å². The molecule has 0 atom stereocenters. The van der Waals surface area contributed by atoms with Crippen LogP contribution < -0.4 is 19.7 Å². The lowest BCUT2D eigenvalue weighted by molar-refractivity contribution is -0.137. The van der Waals surface area contributed by atoms with E-state index in [1.807, 2.05) is 30.3 Å². The second kappa shape index (κ2) is 11.0. The van der Waals surface area contributed by atoms with Crippen LogP contribution in [-0.4, -0.2) is 21.9 Å². The summed E-state index contributed by atoms with van der Waals surface area (Å²) in [7, 11) is 0. The number of thiocarbonyl (C=S) groups is 1. The van der Waals surface area contributed by atoms with Gasteiger partial charge in [0.05, 0.1) is 11.3 Å². The molecule has 3 aromatic carbocycles. The number of para-hydroxylation sites is 1. The number of hydrogen-bond acceptors (Lipinski definition) is 6. The smallest absolute Gasteiger partial charge is 0.416 e. The molecule has 1 aliphatic heterocycles. The number of carbonyl (C=O) groups excluding carboxylic acids is 2. The van der Waals surface area contributed by atoms with E-state index >= 15 is 0 Å². The van der Waals surface area contributed by atoms with Crippen molar-refractivity contribution in [2.45, 2.75) is 6.18 Å². The summed E-state index contributed by atoms with van der Waals surface area (Å²) in [6.07, 6.45) is -1.85. The largest absolute Gasteiger partial charge is 0.457 e. The minimum absolute atomic E-state index is 0.0292. The molecule has 0 unspecified atom stereocenters. The van der Waals surface area contributed by atoms with E-state index in [0.29, 0.717) is 22.7 Å². The minimum atomic E-state index is -4.51. The number of halogens is 3. The summed E-state index contributed by atoms with van der Waals surface area (Å²) >= 11 is 5.25. The lowest BCUT2D eigenvalue weighted by Crippen LogP contribution is -2.54. The van der Waals surface area contributed by atoms with Gasteiger partial charge in [0.25, 0.3) is 11.8 Å². The fraction of sp³-hybridized carbons (Fsp3) is 0.0345. The van der Waals surface area contributed by atoms with Crippen LogP contribution in [0.2, 0.25) is 0 Å². The minimum Gasteiger partial charge on any atom is -0.457 e. The van der Waals surface area contributed by atoms with Crippen LogP contribution in [0.4, 0.5) is 18.9 Å². The Kier molecular flexibility index (Phi) is 7.30. The van der Waals surface area contributed by atoms with Crippen molar-refractivity contribution in [3.8, 4) is 23.1 Å². The van der Waals surface area contributed by atoms with Crippen molar-refractivity contribution < 1.29 is 32.2 Å². The Morgan fingerprint density at radius 2 is 1.52 bits per heavy atom. The molecule has 1 fully saturated rings. The zero-order valence-corrected chi connectivity index (χ0v) is 21.2. The first-order chi connectivity index (χ1) is 19.2. The van der Waals surface area contributed by atoms with Gasteiger partial charge in [0.1, 0.15) is 22.8 Å². The Labute approximate surface area is 231 Å². The van der Waals surface area contributed by atoms with Crippen molar-refractivity contribution in [1.29, 1.82) is 0 Å². The highest BCUT2D eigenvalue weighted by atomic mass is 32.1. The normalized spacial score (nSPS) is 14.7. The number of pyridine rings is 1. The van der Waals surface area contributed by atoms with Crippen LogP contribution >= 0.6 is 12.2 Å². The maximum atomic E-state index is 13.3. The number of benzene rings is 3. The summed E-state index contributed by atoms with van der Waals surface area (Å²) in [5.41, 5.74) is -0.237. The number of alkyl halides is 3. The number of nitrogens with one attached hydrogen (secondary N) is 1. The average molecular weight is 562 g/mol.